The van der Waals surface area contributed by atoms with Gasteiger partial charge in [-0.1, -0.05) is 6.07 Å². The smallest absolute Gasteiger partial charge is 0.387 e. The Labute approximate surface area is 182 Å². The van der Waals surface area contributed by atoms with Crippen LogP contribution in [0, 0.1) is 0 Å². The maximum absolute atomic E-state index is 13.0. The number of fused-ring (bicyclic) bond motifs is 1. The van der Waals surface area contributed by atoms with Gasteiger partial charge in [0, 0.05) is 17.2 Å². The number of anilines is 2. The summed E-state index contributed by atoms with van der Waals surface area (Å²) in [5.74, 6) is -1.76. The van der Waals surface area contributed by atoms with Crippen LogP contribution >= 0.6 is 0 Å². The van der Waals surface area contributed by atoms with E-state index in [0.29, 0.717) is 0 Å². The number of ether oxygens (including phenoxy) is 1. The second-order valence-corrected chi connectivity index (χ2v) is 10.4. The standard InChI is InChI=1S/C21H20F2N2O6S/c1-20(10-32(29,30)11-20)24-17(26)12-6-7-16-15(8-12)21(2,28)18(27)25(16)13-4-3-5-14(9-13)31-19(22)23/h3-9,19,28H,10-11H2,1-2H3,(H,24,26)/t21-/m0/s1. The Morgan fingerprint density at radius 3 is 2.50 bits per heavy atom. The van der Waals surface area contributed by atoms with Crippen molar-refractivity contribution in [2.45, 2.75) is 31.6 Å². The molecule has 4 rings (SSSR count). The molecule has 2 aromatic carbocycles. The number of carbonyl (C=O) groups excluding carboxylic acids is 2. The molecular formula is C21H20F2N2O6S. The van der Waals surface area contributed by atoms with Crippen LogP contribution in [0.5, 0.6) is 5.75 Å². The van der Waals surface area contributed by atoms with Gasteiger partial charge in [-0.3, -0.25) is 14.5 Å². The highest BCUT2D eigenvalue weighted by Gasteiger charge is 2.48. The number of nitrogens with one attached hydrogen (secondary N) is 1. The summed E-state index contributed by atoms with van der Waals surface area (Å²) in [6.07, 6.45) is 0. The molecule has 1 saturated heterocycles. The van der Waals surface area contributed by atoms with E-state index in [-0.39, 0.29) is 39.8 Å². The lowest BCUT2D eigenvalue weighted by molar-refractivity contribution is -0.133. The van der Waals surface area contributed by atoms with Gasteiger partial charge in [-0.05, 0) is 44.2 Å². The van der Waals surface area contributed by atoms with Crippen LogP contribution in [-0.2, 0) is 20.2 Å². The molecule has 32 heavy (non-hydrogen) atoms. The number of sulfone groups is 1. The van der Waals surface area contributed by atoms with Crippen molar-refractivity contribution in [1.29, 1.82) is 0 Å². The summed E-state index contributed by atoms with van der Waals surface area (Å²) in [6, 6.07) is 9.74. The topological polar surface area (TPSA) is 113 Å². The summed E-state index contributed by atoms with van der Waals surface area (Å²) in [5.41, 5.74) is -2.08. The van der Waals surface area contributed by atoms with Crippen molar-refractivity contribution in [2.75, 3.05) is 16.4 Å². The van der Waals surface area contributed by atoms with Crippen molar-refractivity contribution in [3.8, 4) is 5.75 Å². The fourth-order valence-corrected chi connectivity index (χ4v) is 6.11. The second-order valence-electron chi connectivity index (χ2n) is 8.37. The van der Waals surface area contributed by atoms with Crippen molar-refractivity contribution in [1.82, 2.24) is 5.32 Å². The third-order valence-electron chi connectivity index (χ3n) is 5.44. The molecule has 0 spiro atoms. The van der Waals surface area contributed by atoms with Crippen molar-refractivity contribution >= 4 is 33.0 Å². The molecule has 2 aromatic rings. The number of rotatable bonds is 5. The zero-order valence-corrected chi connectivity index (χ0v) is 17.9. The minimum Gasteiger partial charge on any atom is -0.435 e. The van der Waals surface area contributed by atoms with Crippen LogP contribution in [0.2, 0.25) is 0 Å². The van der Waals surface area contributed by atoms with Gasteiger partial charge in [0.05, 0.1) is 28.4 Å². The number of amides is 2. The molecule has 2 amide bonds. The van der Waals surface area contributed by atoms with Crippen LogP contribution < -0.4 is 15.0 Å². The number of benzene rings is 2. The molecule has 2 aliphatic heterocycles. The van der Waals surface area contributed by atoms with E-state index < -0.39 is 39.4 Å². The lowest BCUT2D eigenvalue weighted by Crippen LogP contribution is -2.63. The molecule has 0 bridgehead atoms. The monoisotopic (exact) mass is 466 g/mol. The Kier molecular flexibility index (Phi) is 5.01. The molecule has 0 aromatic heterocycles. The highest BCUT2D eigenvalue weighted by Crippen LogP contribution is 2.45. The number of carbonyl (C=O) groups is 2. The van der Waals surface area contributed by atoms with Crippen LogP contribution in [0.3, 0.4) is 0 Å². The van der Waals surface area contributed by atoms with Gasteiger partial charge < -0.3 is 15.2 Å². The number of halogens is 2. The average molecular weight is 466 g/mol. The van der Waals surface area contributed by atoms with Gasteiger partial charge in [-0.15, -0.1) is 0 Å². The van der Waals surface area contributed by atoms with Crippen LogP contribution in [0.1, 0.15) is 29.8 Å². The first-order chi connectivity index (χ1) is 14.8. The van der Waals surface area contributed by atoms with Crippen LogP contribution in [0.4, 0.5) is 20.2 Å². The van der Waals surface area contributed by atoms with E-state index in [4.69, 9.17) is 0 Å². The second kappa shape index (κ2) is 7.24. The van der Waals surface area contributed by atoms with E-state index in [9.17, 15) is 31.9 Å². The van der Waals surface area contributed by atoms with Crippen molar-refractivity contribution < 1.29 is 36.6 Å². The summed E-state index contributed by atoms with van der Waals surface area (Å²) in [4.78, 5) is 26.8. The Hall–Kier alpha value is -3.05. The average Bonchev–Trinajstić information content (AvgIpc) is 2.85. The van der Waals surface area contributed by atoms with Crippen LogP contribution in [0.15, 0.2) is 42.5 Å². The van der Waals surface area contributed by atoms with Gasteiger partial charge in [0.25, 0.3) is 11.8 Å². The molecular weight excluding hydrogens is 446 g/mol. The van der Waals surface area contributed by atoms with Crippen molar-refractivity contribution in [3.63, 3.8) is 0 Å². The number of nitrogens with zero attached hydrogens (tertiary/aromatic N) is 1. The minimum absolute atomic E-state index is 0.138. The van der Waals surface area contributed by atoms with Gasteiger partial charge in [-0.2, -0.15) is 8.78 Å². The Bertz CT molecular complexity index is 1220. The summed E-state index contributed by atoms with van der Waals surface area (Å²) < 4.78 is 52.5. The summed E-state index contributed by atoms with van der Waals surface area (Å²) in [6.45, 7) is -0.145. The summed E-state index contributed by atoms with van der Waals surface area (Å²) in [7, 11) is -3.16. The van der Waals surface area contributed by atoms with Crippen molar-refractivity contribution in [2.24, 2.45) is 0 Å². The first kappa shape index (κ1) is 22.2. The van der Waals surface area contributed by atoms with Crippen molar-refractivity contribution in [3.05, 3.63) is 53.6 Å². The molecule has 2 aliphatic rings. The summed E-state index contributed by atoms with van der Waals surface area (Å²) in [5, 5.41) is 13.6. The normalized spacial score (nSPS) is 22.9. The Morgan fingerprint density at radius 1 is 1.19 bits per heavy atom. The van der Waals surface area contributed by atoms with Gasteiger partial charge in [0.2, 0.25) is 0 Å². The zero-order chi connectivity index (χ0) is 23.5. The maximum atomic E-state index is 13.0. The molecule has 1 fully saturated rings. The Balaban J connectivity index is 1.66. The third-order valence-corrected chi connectivity index (χ3v) is 7.59. The van der Waals surface area contributed by atoms with Crippen LogP contribution in [0.25, 0.3) is 0 Å². The Morgan fingerprint density at radius 2 is 1.88 bits per heavy atom. The van der Waals surface area contributed by atoms with Gasteiger partial charge >= 0.3 is 6.61 Å². The molecule has 2 heterocycles. The number of alkyl halides is 2. The fraction of sp³-hybridized carbons (Fsp3) is 0.333. The van der Waals surface area contributed by atoms with E-state index >= 15 is 0 Å². The molecule has 0 aliphatic carbocycles. The molecule has 8 nitrogen and oxygen atoms in total. The molecule has 11 heteroatoms. The number of aliphatic hydroxyl groups is 1. The zero-order valence-electron chi connectivity index (χ0n) is 17.1. The SMILES string of the molecule is CC1(NC(=O)c2ccc3c(c2)[C@](C)(O)C(=O)N3c2cccc(OC(F)F)c2)CS(=O)(=O)C1. The largest absolute Gasteiger partial charge is 0.435 e. The third kappa shape index (κ3) is 3.82. The van der Waals surface area contributed by atoms with E-state index in [1.807, 2.05) is 0 Å². The molecule has 0 radical (unpaired) electrons. The predicted molar refractivity (Wildman–Crippen MR) is 111 cm³/mol. The molecule has 0 saturated carbocycles. The highest BCUT2D eigenvalue weighted by atomic mass is 32.2. The lowest BCUT2D eigenvalue weighted by atomic mass is 9.95. The number of hydrogen-bond donors (Lipinski definition) is 2. The first-order valence-corrected chi connectivity index (χ1v) is 11.4. The highest BCUT2D eigenvalue weighted by molar-refractivity contribution is 7.93. The van der Waals surface area contributed by atoms with Gasteiger partial charge in [0.15, 0.2) is 15.4 Å². The fourth-order valence-electron chi connectivity index (χ4n) is 4.11. The predicted octanol–water partition coefficient (Wildman–Crippen LogP) is 2.09. The maximum Gasteiger partial charge on any atom is 0.387 e. The van der Waals surface area contributed by atoms with Gasteiger partial charge in [0.1, 0.15) is 5.75 Å². The van der Waals surface area contributed by atoms with E-state index in [0.717, 1.165) is 4.90 Å². The van der Waals surface area contributed by atoms with E-state index in [2.05, 4.69) is 10.1 Å². The minimum atomic E-state index is -3.16. The quantitative estimate of drug-likeness (QED) is 0.698. The lowest BCUT2D eigenvalue weighted by Gasteiger charge is -2.38. The molecule has 0 unspecified atom stereocenters. The molecule has 2 N–H and O–H groups in total. The van der Waals surface area contributed by atoms with E-state index in [1.165, 1.54) is 49.4 Å². The van der Waals surface area contributed by atoms with E-state index in [1.54, 1.807) is 6.92 Å². The summed E-state index contributed by atoms with van der Waals surface area (Å²) >= 11 is 0. The molecule has 1 atom stereocenters. The number of hydrogen-bond acceptors (Lipinski definition) is 6. The van der Waals surface area contributed by atoms with Crippen LogP contribution in [-0.4, -0.2) is 49.0 Å². The van der Waals surface area contributed by atoms with Gasteiger partial charge in [-0.25, -0.2) is 8.42 Å². The first-order valence-electron chi connectivity index (χ1n) is 9.61. The molecule has 170 valence electrons.